The monoisotopic (exact) mass is 298 g/mol. The molecule has 0 amide bonds. The van der Waals surface area contributed by atoms with Gasteiger partial charge in [-0.2, -0.15) is 0 Å². The molecule has 0 aliphatic carbocycles. The van der Waals surface area contributed by atoms with Gasteiger partial charge in [-0.3, -0.25) is 4.79 Å². The first kappa shape index (κ1) is 13.9. The number of carbonyl (C=O) groups is 1. The standard InChI is InChI=1S/C11H14N4O2S2/c1-6-13-7(4-18-6)3-15(2)11-14-8(5-19-11)9(12)10(16)17/h4-5,9H,3,12H2,1-2H3,(H,16,17). The Kier molecular flexibility index (Phi) is 4.13. The average molecular weight is 298 g/mol. The van der Waals surface area contributed by atoms with Crippen molar-refractivity contribution in [1.29, 1.82) is 0 Å². The minimum Gasteiger partial charge on any atom is -0.480 e. The van der Waals surface area contributed by atoms with E-state index in [0.29, 0.717) is 12.2 Å². The number of rotatable bonds is 5. The van der Waals surface area contributed by atoms with E-state index in [4.69, 9.17) is 10.8 Å². The van der Waals surface area contributed by atoms with Gasteiger partial charge in [0.05, 0.1) is 22.9 Å². The highest BCUT2D eigenvalue weighted by Crippen LogP contribution is 2.24. The van der Waals surface area contributed by atoms with Crippen LogP contribution in [-0.4, -0.2) is 28.1 Å². The second-order valence-corrected chi connectivity index (χ2v) is 5.98. The number of hydrogen-bond acceptors (Lipinski definition) is 7. The molecule has 0 saturated carbocycles. The Morgan fingerprint density at radius 3 is 2.79 bits per heavy atom. The van der Waals surface area contributed by atoms with Gasteiger partial charge in [0.25, 0.3) is 0 Å². The molecule has 1 unspecified atom stereocenters. The van der Waals surface area contributed by atoms with Gasteiger partial charge in [0.15, 0.2) is 5.13 Å². The molecular weight excluding hydrogens is 284 g/mol. The van der Waals surface area contributed by atoms with E-state index in [1.54, 1.807) is 16.7 Å². The van der Waals surface area contributed by atoms with Crippen molar-refractivity contribution >= 4 is 33.8 Å². The first-order valence-corrected chi connectivity index (χ1v) is 7.29. The summed E-state index contributed by atoms with van der Waals surface area (Å²) in [5, 5.41) is 14.3. The number of hydrogen-bond donors (Lipinski definition) is 2. The first-order chi connectivity index (χ1) is 8.97. The van der Waals surface area contributed by atoms with E-state index in [1.807, 2.05) is 24.3 Å². The van der Waals surface area contributed by atoms with Crippen molar-refractivity contribution in [1.82, 2.24) is 9.97 Å². The summed E-state index contributed by atoms with van der Waals surface area (Å²) >= 11 is 2.98. The van der Waals surface area contributed by atoms with Crippen molar-refractivity contribution in [3.8, 4) is 0 Å². The summed E-state index contributed by atoms with van der Waals surface area (Å²) < 4.78 is 0. The van der Waals surface area contributed by atoms with Gasteiger partial charge in [0.2, 0.25) is 0 Å². The molecule has 19 heavy (non-hydrogen) atoms. The zero-order valence-corrected chi connectivity index (χ0v) is 12.2. The molecule has 0 spiro atoms. The van der Waals surface area contributed by atoms with Crippen LogP contribution in [0.5, 0.6) is 0 Å². The van der Waals surface area contributed by atoms with E-state index in [2.05, 4.69) is 9.97 Å². The molecule has 0 radical (unpaired) electrons. The topological polar surface area (TPSA) is 92.3 Å². The number of carboxylic acid groups (broad SMARTS) is 1. The summed E-state index contributed by atoms with van der Waals surface area (Å²) in [7, 11) is 1.89. The van der Waals surface area contributed by atoms with Gasteiger partial charge in [0.1, 0.15) is 6.04 Å². The van der Waals surface area contributed by atoms with Gasteiger partial charge in [-0.1, -0.05) is 0 Å². The number of carboxylic acids is 1. The quantitative estimate of drug-likeness (QED) is 0.871. The predicted octanol–water partition coefficient (Wildman–Crippen LogP) is 1.63. The second-order valence-electron chi connectivity index (χ2n) is 4.08. The smallest absolute Gasteiger partial charge is 0.326 e. The lowest BCUT2D eigenvalue weighted by Gasteiger charge is -2.13. The van der Waals surface area contributed by atoms with Crippen molar-refractivity contribution < 1.29 is 9.90 Å². The van der Waals surface area contributed by atoms with Gasteiger partial charge >= 0.3 is 5.97 Å². The normalized spacial score (nSPS) is 12.4. The number of nitrogens with two attached hydrogens (primary N) is 1. The van der Waals surface area contributed by atoms with E-state index >= 15 is 0 Å². The van der Waals surface area contributed by atoms with Crippen LogP contribution in [0.25, 0.3) is 0 Å². The highest BCUT2D eigenvalue weighted by atomic mass is 32.1. The summed E-state index contributed by atoms with van der Waals surface area (Å²) in [6.07, 6.45) is 0. The van der Waals surface area contributed by atoms with Gasteiger partial charge in [0, 0.05) is 17.8 Å². The largest absolute Gasteiger partial charge is 0.480 e. The Bertz CT molecular complexity index is 581. The average Bonchev–Trinajstić information content (AvgIpc) is 2.97. The maximum atomic E-state index is 10.8. The van der Waals surface area contributed by atoms with Crippen LogP contribution < -0.4 is 10.6 Å². The van der Waals surface area contributed by atoms with Crippen molar-refractivity contribution in [2.75, 3.05) is 11.9 Å². The van der Waals surface area contributed by atoms with Gasteiger partial charge in [-0.25, -0.2) is 9.97 Å². The second kappa shape index (κ2) is 5.64. The Hall–Kier alpha value is -1.51. The van der Waals surface area contributed by atoms with Crippen LogP contribution in [0.4, 0.5) is 5.13 Å². The number of thiazole rings is 2. The van der Waals surface area contributed by atoms with Gasteiger partial charge in [-0.05, 0) is 6.92 Å². The number of aliphatic carboxylic acids is 1. The van der Waals surface area contributed by atoms with Crippen LogP contribution in [0.1, 0.15) is 22.4 Å². The van der Waals surface area contributed by atoms with Crippen molar-refractivity contribution in [2.24, 2.45) is 5.73 Å². The molecule has 2 aromatic heterocycles. The number of nitrogens with zero attached hydrogens (tertiary/aromatic N) is 3. The van der Waals surface area contributed by atoms with Crippen molar-refractivity contribution in [2.45, 2.75) is 19.5 Å². The molecule has 8 heteroatoms. The Morgan fingerprint density at radius 2 is 2.21 bits per heavy atom. The third kappa shape index (κ3) is 3.28. The first-order valence-electron chi connectivity index (χ1n) is 5.53. The fourth-order valence-corrected chi connectivity index (χ4v) is 2.94. The molecule has 2 heterocycles. The molecule has 0 bridgehead atoms. The van der Waals surface area contributed by atoms with E-state index in [-0.39, 0.29) is 0 Å². The fraction of sp³-hybridized carbons (Fsp3) is 0.364. The number of anilines is 1. The van der Waals surface area contributed by atoms with Crippen LogP contribution in [0.3, 0.4) is 0 Å². The minimum atomic E-state index is -1.07. The van der Waals surface area contributed by atoms with E-state index in [9.17, 15) is 4.79 Å². The minimum absolute atomic E-state index is 0.383. The van der Waals surface area contributed by atoms with Gasteiger partial charge in [-0.15, -0.1) is 22.7 Å². The van der Waals surface area contributed by atoms with E-state index in [1.165, 1.54) is 11.3 Å². The summed E-state index contributed by atoms with van der Waals surface area (Å²) in [6, 6.07) is -1.07. The highest BCUT2D eigenvalue weighted by Gasteiger charge is 2.19. The molecule has 2 aromatic rings. The molecule has 102 valence electrons. The van der Waals surface area contributed by atoms with Crippen molar-refractivity contribution in [3.05, 3.63) is 27.2 Å². The molecule has 0 aromatic carbocycles. The Labute approximate surface area is 118 Å². The molecule has 1 atom stereocenters. The van der Waals surface area contributed by atoms with Crippen LogP contribution in [0.15, 0.2) is 10.8 Å². The van der Waals surface area contributed by atoms with Crippen LogP contribution in [-0.2, 0) is 11.3 Å². The third-order valence-corrected chi connectivity index (χ3v) is 4.28. The molecule has 0 fully saturated rings. The molecule has 2 rings (SSSR count). The third-order valence-electron chi connectivity index (χ3n) is 2.49. The predicted molar refractivity (Wildman–Crippen MR) is 75.6 cm³/mol. The zero-order chi connectivity index (χ0) is 14.0. The molecule has 6 nitrogen and oxygen atoms in total. The van der Waals surface area contributed by atoms with Crippen LogP contribution >= 0.6 is 22.7 Å². The number of aromatic nitrogens is 2. The lowest BCUT2D eigenvalue weighted by atomic mass is 10.2. The highest BCUT2D eigenvalue weighted by molar-refractivity contribution is 7.13. The fourth-order valence-electron chi connectivity index (χ4n) is 1.51. The molecular formula is C11H14N4O2S2. The summed E-state index contributed by atoms with van der Waals surface area (Å²) in [5.74, 6) is -1.07. The molecule has 0 aliphatic heterocycles. The Morgan fingerprint density at radius 1 is 1.47 bits per heavy atom. The summed E-state index contributed by atoms with van der Waals surface area (Å²) in [4.78, 5) is 21.3. The SMILES string of the molecule is Cc1nc(CN(C)c2nc(C(N)C(=O)O)cs2)cs1. The van der Waals surface area contributed by atoms with Crippen molar-refractivity contribution in [3.63, 3.8) is 0 Å². The molecule has 0 aliphatic rings. The maximum absolute atomic E-state index is 10.8. The lowest BCUT2D eigenvalue weighted by Crippen LogP contribution is -2.21. The number of aryl methyl sites for hydroxylation is 1. The summed E-state index contributed by atoms with van der Waals surface area (Å²) in [5.41, 5.74) is 6.88. The maximum Gasteiger partial charge on any atom is 0.326 e. The van der Waals surface area contributed by atoms with E-state index in [0.717, 1.165) is 15.8 Å². The Balaban J connectivity index is 2.07. The van der Waals surface area contributed by atoms with Crippen LogP contribution in [0, 0.1) is 6.92 Å². The van der Waals surface area contributed by atoms with Crippen LogP contribution in [0.2, 0.25) is 0 Å². The zero-order valence-electron chi connectivity index (χ0n) is 10.5. The molecule has 0 saturated heterocycles. The lowest BCUT2D eigenvalue weighted by molar-refractivity contribution is -0.138. The summed E-state index contributed by atoms with van der Waals surface area (Å²) in [6.45, 7) is 2.60. The van der Waals surface area contributed by atoms with E-state index < -0.39 is 12.0 Å². The molecule has 3 N–H and O–H groups in total. The van der Waals surface area contributed by atoms with Gasteiger partial charge < -0.3 is 15.7 Å².